The predicted octanol–water partition coefficient (Wildman–Crippen LogP) is 4.32. The lowest BCUT2D eigenvalue weighted by atomic mass is 9.60. The molecular formula is C20H32N2. The molecule has 2 nitrogen and oxygen atoms in total. The smallest absolute Gasteiger partial charge is 0.0443 e. The van der Waals surface area contributed by atoms with E-state index in [0.29, 0.717) is 16.9 Å². The number of anilines is 1. The summed E-state index contributed by atoms with van der Waals surface area (Å²) in [6, 6.07) is 11.6. The van der Waals surface area contributed by atoms with E-state index in [-0.39, 0.29) is 0 Å². The topological polar surface area (TPSA) is 15.3 Å². The summed E-state index contributed by atoms with van der Waals surface area (Å²) in [4.78, 5) is 2.67. The second kappa shape index (κ2) is 5.88. The number of piperazine rings is 1. The number of benzene rings is 1. The van der Waals surface area contributed by atoms with Gasteiger partial charge < -0.3 is 10.2 Å². The SMILES string of the molecule is CC1(C)CC(C2CNCCN2c2ccccc2)CC(C)(C)C1. The fraction of sp³-hybridized carbons (Fsp3) is 0.700. The van der Waals surface area contributed by atoms with E-state index in [1.165, 1.54) is 24.9 Å². The van der Waals surface area contributed by atoms with Crippen molar-refractivity contribution in [2.24, 2.45) is 16.7 Å². The molecule has 2 heteroatoms. The van der Waals surface area contributed by atoms with Crippen LogP contribution in [-0.4, -0.2) is 25.7 Å². The third-order valence-corrected chi connectivity index (χ3v) is 5.50. The molecule has 0 radical (unpaired) electrons. The lowest BCUT2D eigenvalue weighted by molar-refractivity contribution is 0.0525. The maximum atomic E-state index is 3.64. The highest BCUT2D eigenvalue weighted by atomic mass is 15.2. The van der Waals surface area contributed by atoms with Crippen LogP contribution in [0.15, 0.2) is 30.3 Å². The van der Waals surface area contributed by atoms with Gasteiger partial charge in [-0.2, -0.15) is 0 Å². The van der Waals surface area contributed by atoms with Gasteiger partial charge in [0.1, 0.15) is 0 Å². The van der Waals surface area contributed by atoms with Crippen LogP contribution < -0.4 is 10.2 Å². The highest BCUT2D eigenvalue weighted by Crippen LogP contribution is 2.50. The van der Waals surface area contributed by atoms with Crippen molar-refractivity contribution >= 4 is 5.69 Å². The van der Waals surface area contributed by atoms with E-state index in [1.807, 2.05) is 0 Å². The summed E-state index contributed by atoms with van der Waals surface area (Å²) >= 11 is 0. The van der Waals surface area contributed by atoms with E-state index < -0.39 is 0 Å². The van der Waals surface area contributed by atoms with Gasteiger partial charge in [0, 0.05) is 31.4 Å². The standard InChI is InChI=1S/C20H32N2/c1-19(2)12-16(13-20(3,4)15-19)18-14-21-10-11-22(18)17-8-6-5-7-9-17/h5-9,16,18,21H,10-15H2,1-4H3. The maximum Gasteiger partial charge on any atom is 0.0443 e. The van der Waals surface area contributed by atoms with Crippen LogP contribution in [0.25, 0.3) is 0 Å². The van der Waals surface area contributed by atoms with Crippen LogP contribution in [0.1, 0.15) is 47.0 Å². The molecule has 122 valence electrons. The molecule has 22 heavy (non-hydrogen) atoms. The monoisotopic (exact) mass is 300 g/mol. The molecule has 0 spiro atoms. The molecule has 0 aromatic heterocycles. The molecule has 1 aliphatic carbocycles. The molecule has 3 rings (SSSR count). The molecule has 1 aromatic rings. The Balaban J connectivity index is 1.84. The molecule has 1 aromatic carbocycles. The van der Waals surface area contributed by atoms with Crippen molar-refractivity contribution in [2.75, 3.05) is 24.5 Å². The Labute approximate surface area is 136 Å². The minimum absolute atomic E-state index is 0.465. The Bertz CT molecular complexity index is 476. The second-order valence-corrected chi connectivity index (χ2v) is 8.97. The molecule has 1 atom stereocenters. The van der Waals surface area contributed by atoms with E-state index >= 15 is 0 Å². The Hall–Kier alpha value is -1.02. The zero-order valence-electron chi connectivity index (χ0n) is 14.7. The van der Waals surface area contributed by atoms with Gasteiger partial charge >= 0.3 is 0 Å². The largest absolute Gasteiger partial charge is 0.366 e. The minimum Gasteiger partial charge on any atom is -0.366 e. The first-order valence-electron chi connectivity index (χ1n) is 8.89. The van der Waals surface area contributed by atoms with Gasteiger partial charge in [0.25, 0.3) is 0 Å². The predicted molar refractivity (Wildman–Crippen MR) is 95.3 cm³/mol. The zero-order chi connectivity index (χ0) is 15.8. The highest BCUT2D eigenvalue weighted by molar-refractivity contribution is 5.48. The molecule has 1 saturated carbocycles. The normalized spacial score (nSPS) is 28.5. The van der Waals surface area contributed by atoms with Gasteiger partial charge in [-0.1, -0.05) is 45.9 Å². The van der Waals surface area contributed by atoms with Crippen molar-refractivity contribution < 1.29 is 0 Å². The molecule has 1 heterocycles. The average Bonchev–Trinajstić information content (AvgIpc) is 2.45. The van der Waals surface area contributed by atoms with Crippen molar-refractivity contribution in [2.45, 2.75) is 53.0 Å². The summed E-state index contributed by atoms with van der Waals surface area (Å²) in [5.74, 6) is 0.784. The first kappa shape index (κ1) is 15.9. The molecule has 1 unspecified atom stereocenters. The van der Waals surface area contributed by atoms with Crippen LogP contribution >= 0.6 is 0 Å². The van der Waals surface area contributed by atoms with Gasteiger partial charge in [-0.05, 0) is 48.1 Å². The zero-order valence-corrected chi connectivity index (χ0v) is 14.7. The van der Waals surface area contributed by atoms with Crippen LogP contribution in [0.2, 0.25) is 0 Å². The molecule has 2 aliphatic rings. The highest BCUT2D eigenvalue weighted by Gasteiger charge is 2.43. The third-order valence-electron chi connectivity index (χ3n) is 5.50. The van der Waals surface area contributed by atoms with Crippen LogP contribution in [0.4, 0.5) is 5.69 Å². The van der Waals surface area contributed by atoms with Crippen molar-refractivity contribution in [1.29, 1.82) is 0 Å². The fourth-order valence-electron chi connectivity index (χ4n) is 5.29. The summed E-state index contributed by atoms with van der Waals surface area (Å²) in [7, 11) is 0. The molecule has 1 aliphatic heterocycles. The van der Waals surface area contributed by atoms with Crippen LogP contribution in [-0.2, 0) is 0 Å². The van der Waals surface area contributed by atoms with E-state index in [0.717, 1.165) is 25.6 Å². The van der Waals surface area contributed by atoms with Crippen molar-refractivity contribution in [3.63, 3.8) is 0 Å². The van der Waals surface area contributed by atoms with E-state index in [1.54, 1.807) is 0 Å². The first-order valence-corrected chi connectivity index (χ1v) is 8.89. The van der Waals surface area contributed by atoms with E-state index in [9.17, 15) is 0 Å². The Kier molecular flexibility index (Phi) is 4.24. The number of hydrogen-bond donors (Lipinski definition) is 1. The number of rotatable bonds is 2. The van der Waals surface area contributed by atoms with Gasteiger partial charge in [-0.15, -0.1) is 0 Å². The van der Waals surface area contributed by atoms with E-state index in [2.05, 4.69) is 68.2 Å². The van der Waals surface area contributed by atoms with Gasteiger partial charge in [-0.25, -0.2) is 0 Å². The second-order valence-electron chi connectivity index (χ2n) is 8.97. The van der Waals surface area contributed by atoms with E-state index in [4.69, 9.17) is 0 Å². The molecule has 0 bridgehead atoms. The Morgan fingerprint density at radius 3 is 2.27 bits per heavy atom. The lowest BCUT2D eigenvalue weighted by Gasteiger charge is -2.51. The number of para-hydroxylation sites is 1. The van der Waals surface area contributed by atoms with Crippen LogP contribution in [0.5, 0.6) is 0 Å². The number of nitrogens with one attached hydrogen (secondary N) is 1. The molecule has 1 saturated heterocycles. The summed E-state index contributed by atoms with van der Waals surface area (Å²) < 4.78 is 0. The molecule has 1 N–H and O–H groups in total. The van der Waals surface area contributed by atoms with Gasteiger partial charge in [0.05, 0.1) is 0 Å². The number of nitrogens with zero attached hydrogens (tertiary/aromatic N) is 1. The van der Waals surface area contributed by atoms with Gasteiger partial charge in [0.15, 0.2) is 0 Å². The molecular weight excluding hydrogens is 268 g/mol. The molecule has 2 fully saturated rings. The fourth-order valence-corrected chi connectivity index (χ4v) is 5.29. The molecule has 0 amide bonds. The van der Waals surface area contributed by atoms with Crippen molar-refractivity contribution in [3.8, 4) is 0 Å². The van der Waals surface area contributed by atoms with Crippen LogP contribution in [0, 0.1) is 16.7 Å². The average molecular weight is 300 g/mol. The number of hydrogen-bond acceptors (Lipinski definition) is 2. The summed E-state index contributed by atoms with van der Waals surface area (Å²) in [5, 5.41) is 3.64. The van der Waals surface area contributed by atoms with Crippen LogP contribution in [0.3, 0.4) is 0 Å². The van der Waals surface area contributed by atoms with Gasteiger partial charge in [-0.3, -0.25) is 0 Å². The Morgan fingerprint density at radius 1 is 1.00 bits per heavy atom. The van der Waals surface area contributed by atoms with Gasteiger partial charge in [0.2, 0.25) is 0 Å². The quantitative estimate of drug-likeness (QED) is 0.875. The Morgan fingerprint density at radius 2 is 1.64 bits per heavy atom. The third kappa shape index (κ3) is 3.48. The first-order chi connectivity index (χ1) is 10.4. The lowest BCUT2D eigenvalue weighted by Crippen LogP contribution is -2.56. The maximum absolute atomic E-state index is 3.64. The summed E-state index contributed by atoms with van der Waals surface area (Å²) in [5.41, 5.74) is 2.33. The summed E-state index contributed by atoms with van der Waals surface area (Å²) in [6.07, 6.45) is 4.06. The summed E-state index contributed by atoms with van der Waals surface area (Å²) in [6.45, 7) is 13.2. The van der Waals surface area contributed by atoms with Crippen molar-refractivity contribution in [3.05, 3.63) is 30.3 Å². The van der Waals surface area contributed by atoms with Crippen molar-refractivity contribution in [1.82, 2.24) is 5.32 Å². The minimum atomic E-state index is 0.465.